The quantitative estimate of drug-likeness (QED) is 0.108. The van der Waals surface area contributed by atoms with Crippen molar-refractivity contribution in [2.75, 3.05) is 19.6 Å². The first-order valence-electron chi connectivity index (χ1n) is 44.2. The summed E-state index contributed by atoms with van der Waals surface area (Å²) in [6.45, 7) is 19.1. The maximum Gasteiger partial charge on any atom is 0.0725 e. The first-order chi connectivity index (χ1) is 61.0. The molecule has 125 heavy (non-hydrogen) atoms. The normalized spacial score (nSPS) is 15.5. The Morgan fingerprint density at radius 1 is 0.136 bits per heavy atom. The molecule has 596 valence electrons. The van der Waals surface area contributed by atoms with Gasteiger partial charge >= 0.3 is 0 Å². The van der Waals surface area contributed by atoms with Crippen LogP contribution in [0.1, 0.15) is 122 Å². The molecule has 1 atom stereocenters. The molecule has 0 amide bonds. The third-order valence-corrected chi connectivity index (χ3v) is 29.0. The van der Waals surface area contributed by atoms with E-state index >= 15 is 0 Å². The molecule has 24 rings (SSSR count). The maximum atomic E-state index is 2.51. The highest BCUT2D eigenvalue weighted by molar-refractivity contribution is 6.06. The van der Waals surface area contributed by atoms with Crippen LogP contribution >= 0.6 is 0 Å². The molecular weight excluding hydrogens is 1510 g/mol. The predicted octanol–water partition coefficient (Wildman–Crippen LogP) is 32.5. The molecule has 0 fully saturated rings. The van der Waals surface area contributed by atoms with Gasteiger partial charge in [-0.2, -0.15) is 0 Å². The van der Waals surface area contributed by atoms with Crippen LogP contribution in [0, 0.1) is 0 Å². The molecule has 6 aliphatic carbocycles. The Hall–Kier alpha value is -14.8. The lowest BCUT2D eigenvalue weighted by Gasteiger charge is -2.32. The Bertz CT molecular complexity index is 7330. The van der Waals surface area contributed by atoms with Crippen LogP contribution < -0.4 is 19.6 Å². The number of nitrogens with zero attached hydrogens (tertiary/aromatic N) is 4. The summed E-state index contributed by atoms with van der Waals surface area (Å²) < 4.78 is 0. The van der Waals surface area contributed by atoms with E-state index in [1.54, 1.807) is 0 Å². The molecule has 4 heteroatoms. The molecule has 0 heterocycles. The second kappa shape index (κ2) is 27.6. The fraction of sp³-hybridized carbons (Fsp3) is 0.107. The lowest BCUT2D eigenvalue weighted by molar-refractivity contribution is 0.660. The molecule has 0 radical (unpaired) electrons. The fourth-order valence-electron chi connectivity index (χ4n) is 23.2. The van der Waals surface area contributed by atoms with E-state index in [1.807, 2.05) is 0 Å². The van der Waals surface area contributed by atoms with Crippen LogP contribution in [0.15, 0.2) is 413 Å². The van der Waals surface area contributed by atoms with Gasteiger partial charge in [-0.05, 0) is 289 Å². The minimum atomic E-state index is -0.754. The molecule has 0 saturated carbocycles. The van der Waals surface area contributed by atoms with Crippen molar-refractivity contribution in [1.82, 2.24) is 0 Å². The Labute approximate surface area is 733 Å². The monoisotopic (exact) mass is 1600 g/mol. The van der Waals surface area contributed by atoms with Crippen LogP contribution in [-0.4, -0.2) is 0 Å². The van der Waals surface area contributed by atoms with Crippen molar-refractivity contribution in [1.29, 1.82) is 0 Å². The summed E-state index contributed by atoms with van der Waals surface area (Å²) in [7, 11) is 0. The van der Waals surface area contributed by atoms with E-state index in [9.17, 15) is 0 Å². The highest BCUT2D eigenvalue weighted by Crippen LogP contribution is 2.67. The molecule has 4 nitrogen and oxygen atoms in total. The molecule has 0 saturated heterocycles. The number of hydrogen-bond acceptors (Lipinski definition) is 4. The van der Waals surface area contributed by atoms with Crippen molar-refractivity contribution in [2.45, 2.75) is 82.5 Å². The second-order valence-electron chi connectivity index (χ2n) is 37.1. The summed E-state index contributed by atoms with van der Waals surface area (Å²) in [5.41, 5.74) is 46.7. The number of benzene rings is 18. The van der Waals surface area contributed by atoms with Crippen LogP contribution in [0.5, 0.6) is 0 Å². The third-order valence-electron chi connectivity index (χ3n) is 29.0. The molecule has 0 aliphatic heterocycles. The first-order valence-corrected chi connectivity index (χ1v) is 44.2. The van der Waals surface area contributed by atoms with E-state index in [1.165, 1.54) is 134 Å². The number of anilines is 12. The predicted molar refractivity (Wildman–Crippen MR) is 523 cm³/mol. The van der Waals surface area contributed by atoms with Gasteiger partial charge < -0.3 is 19.6 Å². The van der Waals surface area contributed by atoms with Crippen LogP contribution in [-0.2, 0) is 27.1 Å². The van der Waals surface area contributed by atoms with Gasteiger partial charge in [-0.1, -0.05) is 334 Å². The lowest BCUT2D eigenvalue weighted by Crippen LogP contribution is -2.25. The molecule has 18 aromatic carbocycles. The molecule has 6 aliphatic rings. The maximum absolute atomic E-state index is 2.51. The third kappa shape index (κ3) is 10.9. The minimum absolute atomic E-state index is 0.171. The van der Waals surface area contributed by atoms with Gasteiger partial charge in [0.05, 0.1) is 5.41 Å². The van der Waals surface area contributed by atoms with E-state index in [2.05, 4.69) is 488 Å². The molecular formula is C121H92N4. The van der Waals surface area contributed by atoms with Gasteiger partial charge in [0.2, 0.25) is 0 Å². The van der Waals surface area contributed by atoms with Crippen molar-refractivity contribution < 1.29 is 0 Å². The minimum Gasteiger partial charge on any atom is -0.310 e. The highest BCUT2D eigenvalue weighted by Gasteiger charge is 2.53. The Kier molecular flexibility index (Phi) is 16.3. The summed E-state index contributed by atoms with van der Waals surface area (Å²) in [6, 6.07) is 157. The number of rotatable bonds is 14. The van der Waals surface area contributed by atoms with E-state index in [-0.39, 0.29) is 21.7 Å². The Morgan fingerprint density at radius 3 is 0.696 bits per heavy atom. The zero-order valence-electron chi connectivity index (χ0n) is 71.5. The molecule has 0 bridgehead atoms. The molecule has 0 N–H and O–H groups in total. The van der Waals surface area contributed by atoms with Gasteiger partial charge in [-0.15, -0.1) is 0 Å². The van der Waals surface area contributed by atoms with Crippen molar-refractivity contribution in [3.63, 3.8) is 0 Å². The Morgan fingerprint density at radius 2 is 0.368 bits per heavy atom. The summed E-state index contributed by atoms with van der Waals surface area (Å²) in [6.07, 6.45) is 0. The van der Waals surface area contributed by atoms with E-state index in [0.29, 0.717) is 0 Å². The van der Waals surface area contributed by atoms with Crippen LogP contribution in [0.25, 0.3) is 89.0 Å². The topological polar surface area (TPSA) is 13.0 Å². The van der Waals surface area contributed by atoms with Crippen molar-refractivity contribution in [3.05, 3.63) is 479 Å². The van der Waals surface area contributed by atoms with E-state index in [0.717, 1.165) is 90.5 Å². The standard InChI is InChI=1S/C121H92N4/c1-117(2)106-54-30-24-46-96(106)102-73-83(62-66-107(102)117)122(79-35-13-9-14-36-79)87-67-77(68-88(71-87)123(80-37-15-10-16-38-80)84-59-63-97-93-43-21-27-51-103(93)118(3,4)112(97)74-84)91-49-33-57-110-115(91)100-47-25-31-55-108(100)121(110)109-56-32-26-48-101(109)116-92(50-34-58-111(116)121)78-69-89(124(81-39-17-11-18-40-81)85-60-64-98-94-44-22-28-52-104(94)119(5,6)113(98)75-85)72-90(70-78)125(82-41-19-12-20-42-82)86-61-65-99-95-45-23-29-53-105(95)120(7,8)114(99)76-86/h9-76H,1-8H3. The number of para-hydroxylation sites is 4. The summed E-state index contributed by atoms with van der Waals surface area (Å²) in [4.78, 5) is 10.0. The van der Waals surface area contributed by atoms with Crippen LogP contribution in [0.4, 0.5) is 68.2 Å². The van der Waals surface area contributed by atoms with Gasteiger partial charge in [-0.25, -0.2) is 0 Å². The van der Waals surface area contributed by atoms with Crippen molar-refractivity contribution in [2.24, 2.45) is 0 Å². The van der Waals surface area contributed by atoms with Gasteiger partial charge in [0.25, 0.3) is 0 Å². The highest BCUT2D eigenvalue weighted by atomic mass is 15.2. The first kappa shape index (κ1) is 74.0. The molecule has 18 aromatic rings. The largest absolute Gasteiger partial charge is 0.310 e. The molecule has 0 aromatic heterocycles. The zero-order valence-corrected chi connectivity index (χ0v) is 71.5. The lowest BCUT2D eigenvalue weighted by atomic mass is 9.70. The van der Waals surface area contributed by atoms with Gasteiger partial charge in [-0.3, -0.25) is 0 Å². The molecule has 1 spiro atoms. The number of hydrogen-bond donors (Lipinski definition) is 0. The van der Waals surface area contributed by atoms with E-state index in [4.69, 9.17) is 0 Å². The fourth-order valence-corrected chi connectivity index (χ4v) is 23.2. The SMILES string of the molecule is CC1(C)c2ccccc2-c2cc(N(c3ccccc3)c3cc(-c4cccc5c4-c4ccccc4C54c5ccccc5-c5c(-c6cc(N(c7ccccc7)c7ccc8c(c7)C(C)(C)c7ccccc7-8)cc(N(c7ccccc7)c7ccc8c(c7)C(C)(C)c7ccccc7-8)c6)cccc54)cc(N(c4ccccc4)c4ccc5c(c4)C(C)(C)c4ccccc4-5)c3)ccc21. The summed E-state index contributed by atoms with van der Waals surface area (Å²) in [5.74, 6) is 0. The molecule has 1 unspecified atom stereocenters. The summed E-state index contributed by atoms with van der Waals surface area (Å²) >= 11 is 0. The van der Waals surface area contributed by atoms with Crippen LogP contribution in [0.3, 0.4) is 0 Å². The zero-order chi connectivity index (χ0) is 84.0. The van der Waals surface area contributed by atoms with Crippen LogP contribution in [0.2, 0.25) is 0 Å². The summed E-state index contributed by atoms with van der Waals surface area (Å²) in [5, 5.41) is 0. The number of fused-ring (bicyclic) bond motifs is 22. The van der Waals surface area contributed by atoms with Gasteiger partial charge in [0.1, 0.15) is 0 Å². The average Bonchev–Trinajstić information content (AvgIpc) is 1.50. The van der Waals surface area contributed by atoms with Gasteiger partial charge in [0.15, 0.2) is 0 Å². The smallest absolute Gasteiger partial charge is 0.0725 e. The van der Waals surface area contributed by atoms with E-state index < -0.39 is 5.41 Å². The average molecular weight is 1600 g/mol. The Balaban J connectivity index is 0.738. The second-order valence-corrected chi connectivity index (χ2v) is 37.1. The van der Waals surface area contributed by atoms with Crippen molar-refractivity contribution >= 4 is 68.2 Å². The van der Waals surface area contributed by atoms with Gasteiger partial charge in [0, 0.05) is 89.9 Å². The van der Waals surface area contributed by atoms with Crippen molar-refractivity contribution in [3.8, 4) is 89.0 Å².